The molecule has 4 aromatic rings. The van der Waals surface area contributed by atoms with Gasteiger partial charge in [-0.25, -0.2) is 0 Å². The molecule has 8 nitrogen and oxygen atoms in total. The van der Waals surface area contributed by atoms with E-state index in [2.05, 4.69) is 0 Å². The Balaban J connectivity index is 1.53. The Morgan fingerprint density at radius 2 is 1.25 bits per heavy atom. The molecule has 1 unspecified atom stereocenters. The molecule has 230 valence electrons. The summed E-state index contributed by atoms with van der Waals surface area (Å²) in [4.78, 5) is 13.7. The SMILES string of the molecule is O=[N+]([O-])C[C@@H](C(Sc1ccccc1)Sc1ccccc1)[C@H]1OC(O)[C@H](O)[C@@]1(COCc1ccccc1)OCc1ccccc1. The summed E-state index contributed by atoms with van der Waals surface area (Å²) in [5, 5.41) is 34.8. The molecule has 1 fully saturated rings. The topological polar surface area (TPSA) is 111 Å². The monoisotopic (exact) mass is 633 g/mol. The summed E-state index contributed by atoms with van der Waals surface area (Å²) in [6, 6.07) is 38.3. The van der Waals surface area contributed by atoms with E-state index in [9.17, 15) is 20.3 Å². The summed E-state index contributed by atoms with van der Waals surface area (Å²) < 4.78 is 18.3. The highest BCUT2D eigenvalue weighted by Gasteiger charge is 2.62. The maximum absolute atomic E-state index is 12.3. The van der Waals surface area contributed by atoms with Crippen molar-refractivity contribution in [1.29, 1.82) is 0 Å². The molecule has 5 atom stereocenters. The minimum atomic E-state index is -1.63. The number of aliphatic hydroxyl groups excluding tert-OH is 2. The first kappa shape index (κ1) is 32.2. The van der Waals surface area contributed by atoms with Gasteiger partial charge in [0.15, 0.2) is 6.29 Å². The van der Waals surface area contributed by atoms with Crippen molar-refractivity contribution in [3.05, 3.63) is 143 Å². The van der Waals surface area contributed by atoms with Crippen LogP contribution in [0.3, 0.4) is 0 Å². The summed E-state index contributed by atoms with van der Waals surface area (Å²) in [5.74, 6) is -0.816. The van der Waals surface area contributed by atoms with Crippen molar-refractivity contribution in [2.24, 2.45) is 5.92 Å². The van der Waals surface area contributed by atoms with E-state index < -0.39 is 41.1 Å². The Labute approximate surface area is 265 Å². The van der Waals surface area contributed by atoms with Crippen LogP contribution < -0.4 is 0 Å². The second-order valence-corrected chi connectivity index (χ2v) is 13.2. The molecule has 2 N–H and O–H groups in total. The average Bonchev–Trinajstić information content (AvgIpc) is 3.29. The highest BCUT2D eigenvalue weighted by atomic mass is 32.2. The van der Waals surface area contributed by atoms with Gasteiger partial charge in [0, 0.05) is 14.7 Å². The number of benzene rings is 4. The van der Waals surface area contributed by atoms with E-state index in [0.717, 1.165) is 20.9 Å². The van der Waals surface area contributed by atoms with Crippen molar-refractivity contribution < 1.29 is 29.3 Å². The third-order valence-electron chi connectivity index (χ3n) is 7.42. The minimum Gasteiger partial charge on any atom is -0.385 e. The van der Waals surface area contributed by atoms with Crippen LogP contribution in [0.5, 0.6) is 0 Å². The lowest BCUT2D eigenvalue weighted by molar-refractivity contribution is -0.491. The first-order chi connectivity index (χ1) is 21.4. The van der Waals surface area contributed by atoms with Crippen molar-refractivity contribution in [2.75, 3.05) is 13.2 Å². The molecule has 5 rings (SSSR count). The molecule has 0 bridgehead atoms. The molecule has 0 aromatic heterocycles. The van der Waals surface area contributed by atoms with Crippen molar-refractivity contribution in [3.8, 4) is 0 Å². The van der Waals surface area contributed by atoms with E-state index in [4.69, 9.17) is 14.2 Å². The van der Waals surface area contributed by atoms with Crippen LogP contribution in [0.25, 0.3) is 0 Å². The van der Waals surface area contributed by atoms with E-state index >= 15 is 0 Å². The third-order valence-corrected chi connectivity index (χ3v) is 10.2. The zero-order valence-corrected chi connectivity index (χ0v) is 25.6. The van der Waals surface area contributed by atoms with Crippen LogP contribution in [0.1, 0.15) is 11.1 Å². The Hall–Kier alpha value is -3.22. The fourth-order valence-electron chi connectivity index (χ4n) is 5.25. The predicted octanol–water partition coefficient (Wildman–Crippen LogP) is 6.04. The van der Waals surface area contributed by atoms with Gasteiger partial charge in [0.05, 0.1) is 30.3 Å². The average molecular weight is 634 g/mol. The van der Waals surface area contributed by atoms with Crippen LogP contribution in [0.4, 0.5) is 0 Å². The van der Waals surface area contributed by atoms with E-state index in [1.807, 2.05) is 121 Å². The molecular formula is C34H35NO7S2. The lowest BCUT2D eigenvalue weighted by atomic mass is 9.85. The van der Waals surface area contributed by atoms with E-state index in [1.54, 1.807) is 0 Å². The number of hydrogen-bond donors (Lipinski definition) is 2. The van der Waals surface area contributed by atoms with Crippen molar-refractivity contribution in [1.82, 2.24) is 0 Å². The molecule has 1 aliphatic rings. The minimum absolute atomic E-state index is 0.0761. The van der Waals surface area contributed by atoms with Gasteiger partial charge in [0.2, 0.25) is 6.54 Å². The standard InChI is InChI=1S/C34H35NO7S2/c36-30-32(37)42-31(34(30,41-23-26-15-7-2-8-16-26)24-40-22-25-13-5-1-6-14-25)29(21-35(38)39)33(43-27-17-9-3-10-18-27)44-28-19-11-4-12-20-28/h1-20,29-33,36-37H,21-24H2/t29-,30+,31-,32?,34-/m1/s1. The van der Waals surface area contributed by atoms with Crippen molar-refractivity contribution >= 4 is 23.5 Å². The number of hydrogen-bond acceptors (Lipinski definition) is 9. The van der Waals surface area contributed by atoms with Gasteiger partial charge >= 0.3 is 0 Å². The summed E-state index contributed by atoms with van der Waals surface area (Å²) in [6.07, 6.45) is -4.24. The van der Waals surface area contributed by atoms with Gasteiger partial charge in [-0.05, 0) is 35.4 Å². The number of aliphatic hydroxyl groups is 2. The van der Waals surface area contributed by atoms with E-state index in [0.29, 0.717) is 0 Å². The lowest BCUT2D eigenvalue weighted by Gasteiger charge is -2.40. The van der Waals surface area contributed by atoms with Crippen molar-refractivity contribution in [2.45, 2.75) is 51.7 Å². The molecule has 10 heteroatoms. The summed E-state index contributed by atoms with van der Waals surface area (Å²) in [5.41, 5.74) is 0.134. The molecule has 0 spiro atoms. The summed E-state index contributed by atoms with van der Waals surface area (Å²) >= 11 is 2.96. The molecule has 1 heterocycles. The van der Waals surface area contributed by atoms with Gasteiger partial charge in [-0.3, -0.25) is 10.1 Å². The molecule has 1 aliphatic heterocycles. The Morgan fingerprint density at radius 3 is 1.75 bits per heavy atom. The van der Waals surface area contributed by atoms with Crippen LogP contribution in [0, 0.1) is 16.0 Å². The van der Waals surface area contributed by atoms with Gasteiger partial charge < -0.3 is 24.4 Å². The van der Waals surface area contributed by atoms with Gasteiger partial charge in [-0.1, -0.05) is 97.1 Å². The fraction of sp³-hybridized carbons (Fsp3) is 0.294. The summed E-state index contributed by atoms with van der Waals surface area (Å²) in [6.45, 7) is -0.353. The number of thioether (sulfide) groups is 2. The molecule has 0 aliphatic carbocycles. The number of rotatable bonds is 15. The van der Waals surface area contributed by atoms with Crippen LogP contribution in [0.15, 0.2) is 131 Å². The van der Waals surface area contributed by atoms with E-state index in [1.165, 1.54) is 23.5 Å². The first-order valence-electron chi connectivity index (χ1n) is 14.3. The third kappa shape index (κ3) is 8.28. The molecule has 0 saturated carbocycles. The van der Waals surface area contributed by atoms with E-state index in [-0.39, 0.29) is 24.7 Å². The van der Waals surface area contributed by atoms with Gasteiger partial charge in [0.1, 0.15) is 17.8 Å². The summed E-state index contributed by atoms with van der Waals surface area (Å²) in [7, 11) is 0. The molecule has 1 saturated heterocycles. The Bertz CT molecular complexity index is 1390. The number of nitrogens with zero attached hydrogens (tertiary/aromatic N) is 1. The van der Waals surface area contributed by atoms with Crippen LogP contribution in [-0.2, 0) is 27.4 Å². The maximum atomic E-state index is 12.3. The second-order valence-electron chi connectivity index (χ2n) is 10.5. The second kappa shape index (κ2) is 15.7. The largest absolute Gasteiger partial charge is 0.385 e. The lowest BCUT2D eigenvalue weighted by Crippen LogP contribution is -2.58. The highest BCUT2D eigenvalue weighted by molar-refractivity contribution is 8.17. The van der Waals surface area contributed by atoms with Crippen LogP contribution >= 0.6 is 23.5 Å². The van der Waals surface area contributed by atoms with Gasteiger partial charge in [0.25, 0.3) is 0 Å². The zero-order valence-electron chi connectivity index (χ0n) is 24.0. The Morgan fingerprint density at radius 1 is 0.773 bits per heavy atom. The molecule has 44 heavy (non-hydrogen) atoms. The van der Waals surface area contributed by atoms with Gasteiger partial charge in [-0.15, -0.1) is 23.5 Å². The van der Waals surface area contributed by atoms with Crippen LogP contribution in [-0.4, -0.2) is 57.0 Å². The zero-order chi connectivity index (χ0) is 30.8. The van der Waals surface area contributed by atoms with Crippen molar-refractivity contribution in [3.63, 3.8) is 0 Å². The molecule has 0 radical (unpaired) electrons. The normalized spacial score (nSPS) is 22.2. The first-order valence-corrected chi connectivity index (χ1v) is 16.1. The Kier molecular flexibility index (Phi) is 11.5. The molecular weight excluding hydrogens is 599 g/mol. The maximum Gasteiger partial charge on any atom is 0.211 e. The quantitative estimate of drug-likeness (QED) is 0.0701. The predicted molar refractivity (Wildman–Crippen MR) is 171 cm³/mol. The highest BCUT2D eigenvalue weighted by Crippen LogP contribution is 2.47. The molecule has 0 amide bonds. The molecule has 4 aromatic carbocycles. The number of ether oxygens (including phenoxy) is 3. The smallest absolute Gasteiger partial charge is 0.211 e. The van der Waals surface area contributed by atoms with Crippen LogP contribution in [0.2, 0.25) is 0 Å². The van der Waals surface area contributed by atoms with Gasteiger partial charge in [-0.2, -0.15) is 0 Å². The fourth-order valence-corrected chi connectivity index (χ4v) is 8.08. The number of nitro groups is 1.